The Kier molecular flexibility index (Phi) is 3.48. The molecule has 3 heteroatoms. The van der Waals surface area contributed by atoms with Crippen LogP contribution in [0.4, 0.5) is 0 Å². The number of rotatable bonds is 4. The summed E-state index contributed by atoms with van der Waals surface area (Å²) in [5.41, 5.74) is 0.978. The van der Waals surface area contributed by atoms with Crippen LogP contribution < -0.4 is 0 Å². The molecule has 0 radical (unpaired) electrons. The van der Waals surface area contributed by atoms with E-state index in [4.69, 9.17) is 5.11 Å². The topological polar surface area (TPSA) is 37.3 Å². The van der Waals surface area contributed by atoms with E-state index in [9.17, 15) is 4.79 Å². The Labute approximate surface area is 82.2 Å². The van der Waals surface area contributed by atoms with Crippen molar-refractivity contribution in [3.05, 3.63) is 21.9 Å². The van der Waals surface area contributed by atoms with Crippen LogP contribution in [0.3, 0.4) is 0 Å². The monoisotopic (exact) mass is 198 g/mol. The van der Waals surface area contributed by atoms with Gasteiger partial charge in [-0.25, -0.2) is 4.79 Å². The van der Waals surface area contributed by atoms with Gasteiger partial charge < -0.3 is 5.11 Å². The van der Waals surface area contributed by atoms with Crippen molar-refractivity contribution in [2.75, 3.05) is 0 Å². The molecule has 72 valence electrons. The van der Waals surface area contributed by atoms with Gasteiger partial charge in [-0.3, -0.25) is 0 Å². The molecule has 2 nitrogen and oxygen atoms in total. The average Bonchev–Trinajstić information content (AvgIpc) is 2.47. The minimum Gasteiger partial charge on any atom is -0.477 e. The molecule has 0 bridgehead atoms. The molecule has 0 aliphatic heterocycles. The SMILES string of the molecule is CC(C)CCc1ccsc1C(=O)O. The second-order valence-electron chi connectivity index (χ2n) is 3.51. The first kappa shape index (κ1) is 10.3. The first-order valence-corrected chi connectivity index (χ1v) is 5.29. The summed E-state index contributed by atoms with van der Waals surface area (Å²) in [5.74, 6) is -0.171. The zero-order chi connectivity index (χ0) is 9.84. The summed E-state index contributed by atoms with van der Waals surface area (Å²) in [6, 6.07) is 1.91. The molecule has 1 rings (SSSR count). The normalized spacial score (nSPS) is 10.7. The van der Waals surface area contributed by atoms with Gasteiger partial charge in [0.05, 0.1) is 0 Å². The highest BCUT2D eigenvalue weighted by Crippen LogP contribution is 2.19. The number of carboxylic acid groups (broad SMARTS) is 1. The summed E-state index contributed by atoms with van der Waals surface area (Å²) < 4.78 is 0. The number of hydrogen-bond donors (Lipinski definition) is 1. The molecule has 0 spiro atoms. The maximum absolute atomic E-state index is 10.7. The highest BCUT2D eigenvalue weighted by atomic mass is 32.1. The Morgan fingerprint density at radius 2 is 2.31 bits per heavy atom. The summed E-state index contributed by atoms with van der Waals surface area (Å²) in [6.45, 7) is 4.29. The van der Waals surface area contributed by atoms with Crippen LogP contribution in [0.25, 0.3) is 0 Å². The van der Waals surface area contributed by atoms with Crippen molar-refractivity contribution in [3.8, 4) is 0 Å². The molecule has 0 saturated carbocycles. The van der Waals surface area contributed by atoms with E-state index in [0.29, 0.717) is 10.8 Å². The van der Waals surface area contributed by atoms with Crippen molar-refractivity contribution in [1.29, 1.82) is 0 Å². The Balaban J connectivity index is 2.65. The third-order valence-corrected chi connectivity index (χ3v) is 2.88. The van der Waals surface area contributed by atoms with E-state index >= 15 is 0 Å². The lowest BCUT2D eigenvalue weighted by Gasteiger charge is -2.03. The minimum atomic E-state index is -0.797. The van der Waals surface area contributed by atoms with Crippen LogP contribution in [-0.2, 0) is 6.42 Å². The van der Waals surface area contributed by atoms with Crippen LogP contribution >= 0.6 is 11.3 Å². The Bertz CT molecular complexity index is 289. The highest BCUT2D eigenvalue weighted by Gasteiger charge is 2.11. The molecular formula is C10H14O2S. The van der Waals surface area contributed by atoms with Gasteiger partial charge in [0.2, 0.25) is 0 Å². The molecule has 0 aromatic carbocycles. The number of hydrogen-bond acceptors (Lipinski definition) is 2. The number of aryl methyl sites for hydroxylation is 1. The van der Waals surface area contributed by atoms with Gasteiger partial charge in [-0.05, 0) is 35.8 Å². The first-order valence-electron chi connectivity index (χ1n) is 4.41. The van der Waals surface area contributed by atoms with Gasteiger partial charge in [0.1, 0.15) is 4.88 Å². The van der Waals surface area contributed by atoms with Crippen molar-refractivity contribution in [2.45, 2.75) is 26.7 Å². The number of carbonyl (C=O) groups is 1. The van der Waals surface area contributed by atoms with E-state index in [1.165, 1.54) is 11.3 Å². The quantitative estimate of drug-likeness (QED) is 0.807. The standard InChI is InChI=1S/C10H14O2S/c1-7(2)3-4-8-5-6-13-9(8)10(11)12/h5-7H,3-4H2,1-2H3,(H,11,12). The van der Waals surface area contributed by atoms with Gasteiger partial charge in [0.15, 0.2) is 0 Å². The third-order valence-electron chi connectivity index (χ3n) is 1.93. The summed E-state index contributed by atoms with van der Waals surface area (Å²) in [6.07, 6.45) is 1.93. The van der Waals surface area contributed by atoms with Crippen molar-refractivity contribution < 1.29 is 9.90 Å². The fraction of sp³-hybridized carbons (Fsp3) is 0.500. The molecule has 1 aromatic heterocycles. The smallest absolute Gasteiger partial charge is 0.346 e. The number of thiophene rings is 1. The second-order valence-corrected chi connectivity index (χ2v) is 4.43. The lowest BCUT2D eigenvalue weighted by molar-refractivity contribution is 0.0701. The van der Waals surface area contributed by atoms with E-state index in [2.05, 4.69) is 13.8 Å². The average molecular weight is 198 g/mol. The van der Waals surface area contributed by atoms with Crippen LogP contribution in [0.2, 0.25) is 0 Å². The van der Waals surface area contributed by atoms with E-state index in [1.807, 2.05) is 11.4 Å². The first-order chi connectivity index (χ1) is 6.11. The molecule has 1 N–H and O–H groups in total. The maximum Gasteiger partial charge on any atom is 0.346 e. The molecule has 0 fully saturated rings. The number of aromatic carboxylic acids is 1. The van der Waals surface area contributed by atoms with E-state index < -0.39 is 5.97 Å². The maximum atomic E-state index is 10.7. The van der Waals surface area contributed by atoms with E-state index in [1.54, 1.807) is 0 Å². The summed E-state index contributed by atoms with van der Waals surface area (Å²) >= 11 is 1.31. The molecule has 0 amide bonds. The molecule has 0 unspecified atom stereocenters. The fourth-order valence-corrected chi connectivity index (χ4v) is 1.96. The molecule has 0 aliphatic rings. The molecular weight excluding hydrogens is 184 g/mol. The Morgan fingerprint density at radius 3 is 2.85 bits per heavy atom. The molecule has 0 saturated heterocycles. The van der Waals surface area contributed by atoms with Gasteiger partial charge in [0, 0.05) is 0 Å². The van der Waals surface area contributed by atoms with Gasteiger partial charge in [0.25, 0.3) is 0 Å². The van der Waals surface area contributed by atoms with E-state index in [-0.39, 0.29) is 0 Å². The van der Waals surface area contributed by atoms with Crippen molar-refractivity contribution in [3.63, 3.8) is 0 Å². The van der Waals surface area contributed by atoms with Crippen LogP contribution in [0, 0.1) is 5.92 Å². The predicted molar refractivity (Wildman–Crippen MR) is 54.4 cm³/mol. The van der Waals surface area contributed by atoms with Gasteiger partial charge in [-0.15, -0.1) is 11.3 Å². The molecule has 13 heavy (non-hydrogen) atoms. The van der Waals surface area contributed by atoms with Crippen LogP contribution in [0.1, 0.15) is 35.5 Å². The Hall–Kier alpha value is -0.830. The third kappa shape index (κ3) is 2.84. The summed E-state index contributed by atoms with van der Waals surface area (Å²) in [4.78, 5) is 11.2. The lowest BCUT2D eigenvalue weighted by Crippen LogP contribution is -1.99. The lowest BCUT2D eigenvalue weighted by atomic mass is 10.0. The van der Waals surface area contributed by atoms with Crippen LogP contribution in [0.5, 0.6) is 0 Å². The van der Waals surface area contributed by atoms with Gasteiger partial charge in [-0.2, -0.15) is 0 Å². The zero-order valence-electron chi connectivity index (χ0n) is 7.91. The van der Waals surface area contributed by atoms with Gasteiger partial charge in [-0.1, -0.05) is 13.8 Å². The fourth-order valence-electron chi connectivity index (χ4n) is 1.16. The predicted octanol–water partition coefficient (Wildman–Crippen LogP) is 3.03. The number of carboxylic acids is 1. The Morgan fingerprint density at radius 1 is 1.62 bits per heavy atom. The van der Waals surface area contributed by atoms with Gasteiger partial charge >= 0.3 is 5.97 Å². The molecule has 1 heterocycles. The van der Waals surface area contributed by atoms with Crippen LogP contribution in [-0.4, -0.2) is 11.1 Å². The largest absolute Gasteiger partial charge is 0.477 e. The second kappa shape index (κ2) is 4.42. The zero-order valence-corrected chi connectivity index (χ0v) is 8.73. The highest BCUT2D eigenvalue weighted by molar-refractivity contribution is 7.12. The molecule has 0 atom stereocenters. The minimum absolute atomic E-state index is 0.501. The van der Waals surface area contributed by atoms with Crippen molar-refractivity contribution in [2.24, 2.45) is 5.92 Å². The van der Waals surface area contributed by atoms with Crippen LogP contribution in [0.15, 0.2) is 11.4 Å². The molecule has 1 aromatic rings. The van der Waals surface area contributed by atoms with E-state index in [0.717, 1.165) is 18.4 Å². The van der Waals surface area contributed by atoms with Crippen molar-refractivity contribution in [1.82, 2.24) is 0 Å². The molecule has 0 aliphatic carbocycles. The summed E-state index contributed by atoms with van der Waals surface area (Å²) in [5, 5.41) is 10.7. The summed E-state index contributed by atoms with van der Waals surface area (Å²) in [7, 11) is 0. The van der Waals surface area contributed by atoms with Crippen molar-refractivity contribution >= 4 is 17.3 Å².